The van der Waals surface area contributed by atoms with Crippen molar-refractivity contribution in [3.05, 3.63) is 27.7 Å². The van der Waals surface area contributed by atoms with Gasteiger partial charge < -0.3 is 9.64 Å². The van der Waals surface area contributed by atoms with E-state index in [9.17, 15) is 4.79 Å². The van der Waals surface area contributed by atoms with Crippen LogP contribution in [0.3, 0.4) is 0 Å². The molecule has 19 heavy (non-hydrogen) atoms. The molecule has 1 aromatic rings. The Kier molecular flexibility index (Phi) is 4.50. The minimum Gasteiger partial charge on any atom is -0.481 e. The maximum atomic E-state index is 12.2. The summed E-state index contributed by atoms with van der Waals surface area (Å²) in [7, 11) is 0. The lowest BCUT2D eigenvalue weighted by Gasteiger charge is -2.21. The van der Waals surface area contributed by atoms with Gasteiger partial charge in [0.15, 0.2) is 6.10 Å². The average molecular weight is 326 g/mol. The first kappa shape index (κ1) is 14.4. The summed E-state index contributed by atoms with van der Waals surface area (Å²) in [5.74, 6) is 0.856. The first-order chi connectivity index (χ1) is 8.99. The summed E-state index contributed by atoms with van der Waals surface area (Å²) in [4.78, 5) is 14.1. The Hall–Kier alpha value is -1.03. The van der Waals surface area contributed by atoms with Gasteiger partial charge in [0.25, 0.3) is 5.91 Å². The number of hydrogen-bond donors (Lipinski definition) is 0. The Balaban J connectivity index is 2.06. The molecule has 0 N–H and O–H groups in total. The van der Waals surface area contributed by atoms with Crippen molar-refractivity contribution in [2.24, 2.45) is 0 Å². The zero-order valence-corrected chi connectivity index (χ0v) is 13.3. The first-order valence-corrected chi connectivity index (χ1v) is 7.50. The van der Waals surface area contributed by atoms with Gasteiger partial charge in [-0.15, -0.1) is 0 Å². The Morgan fingerprint density at radius 3 is 2.32 bits per heavy atom. The highest BCUT2D eigenvalue weighted by atomic mass is 79.9. The van der Waals surface area contributed by atoms with Crippen molar-refractivity contribution >= 4 is 21.8 Å². The highest BCUT2D eigenvalue weighted by molar-refractivity contribution is 9.10. The van der Waals surface area contributed by atoms with Gasteiger partial charge >= 0.3 is 0 Å². The molecule has 1 unspecified atom stereocenters. The lowest BCUT2D eigenvalue weighted by atomic mass is 10.1. The fourth-order valence-corrected chi connectivity index (χ4v) is 2.65. The van der Waals surface area contributed by atoms with Crippen LogP contribution in [0.4, 0.5) is 0 Å². The van der Waals surface area contributed by atoms with Crippen molar-refractivity contribution in [2.45, 2.75) is 39.7 Å². The molecule has 0 aliphatic carbocycles. The van der Waals surface area contributed by atoms with Crippen molar-refractivity contribution in [2.75, 3.05) is 13.1 Å². The number of benzene rings is 1. The molecule has 3 nitrogen and oxygen atoms in total. The van der Waals surface area contributed by atoms with Crippen molar-refractivity contribution in [3.8, 4) is 5.75 Å². The molecule has 1 fully saturated rings. The van der Waals surface area contributed by atoms with E-state index in [1.54, 1.807) is 0 Å². The summed E-state index contributed by atoms with van der Waals surface area (Å²) in [5, 5.41) is 0. The summed E-state index contributed by atoms with van der Waals surface area (Å²) in [5.41, 5.74) is 2.24. The molecule has 1 aliphatic heterocycles. The van der Waals surface area contributed by atoms with Crippen LogP contribution >= 0.6 is 15.9 Å². The van der Waals surface area contributed by atoms with Gasteiger partial charge in [-0.05, 0) is 56.9 Å². The van der Waals surface area contributed by atoms with Crippen LogP contribution in [0.15, 0.2) is 16.6 Å². The predicted octanol–water partition coefficient (Wildman–Crippen LogP) is 3.46. The molecular weight excluding hydrogens is 306 g/mol. The highest BCUT2D eigenvalue weighted by Crippen LogP contribution is 2.27. The van der Waals surface area contributed by atoms with Crippen molar-refractivity contribution in [1.29, 1.82) is 0 Å². The van der Waals surface area contributed by atoms with Gasteiger partial charge in [0.05, 0.1) is 0 Å². The summed E-state index contributed by atoms with van der Waals surface area (Å²) in [6, 6.07) is 3.93. The Morgan fingerprint density at radius 1 is 1.26 bits per heavy atom. The molecule has 0 saturated carbocycles. The number of likely N-dealkylation sites (tertiary alicyclic amines) is 1. The maximum Gasteiger partial charge on any atom is 0.263 e. The third-order valence-electron chi connectivity index (χ3n) is 3.49. The molecule has 0 bridgehead atoms. The van der Waals surface area contributed by atoms with Gasteiger partial charge in [0.2, 0.25) is 0 Å². The minimum absolute atomic E-state index is 0.0933. The molecule has 4 heteroatoms. The Morgan fingerprint density at radius 2 is 1.79 bits per heavy atom. The number of carbonyl (C=O) groups is 1. The second-order valence-electron chi connectivity index (χ2n) is 5.16. The molecule has 1 saturated heterocycles. The van der Waals surface area contributed by atoms with Gasteiger partial charge in [-0.3, -0.25) is 4.79 Å². The average Bonchev–Trinajstić information content (AvgIpc) is 2.88. The number of ether oxygens (including phenoxy) is 1. The fraction of sp³-hybridized carbons (Fsp3) is 0.533. The van der Waals surface area contributed by atoms with E-state index >= 15 is 0 Å². The number of nitrogens with zero attached hydrogens (tertiary/aromatic N) is 1. The van der Waals surface area contributed by atoms with E-state index in [1.165, 1.54) is 0 Å². The van der Waals surface area contributed by atoms with E-state index in [0.29, 0.717) is 0 Å². The number of amides is 1. The Labute approximate surface area is 123 Å². The third kappa shape index (κ3) is 3.30. The van der Waals surface area contributed by atoms with Crippen LogP contribution in [0, 0.1) is 13.8 Å². The second kappa shape index (κ2) is 5.95. The number of carbonyl (C=O) groups excluding carboxylic acids is 1. The summed E-state index contributed by atoms with van der Waals surface area (Å²) in [6.45, 7) is 7.61. The quantitative estimate of drug-likeness (QED) is 0.851. The molecule has 0 aromatic heterocycles. The van der Waals surface area contributed by atoms with Crippen molar-refractivity contribution < 1.29 is 9.53 Å². The largest absolute Gasteiger partial charge is 0.481 e. The minimum atomic E-state index is -0.418. The van der Waals surface area contributed by atoms with E-state index in [0.717, 1.165) is 47.3 Å². The second-order valence-corrected chi connectivity index (χ2v) is 5.96. The lowest BCUT2D eigenvalue weighted by Crippen LogP contribution is -2.38. The topological polar surface area (TPSA) is 29.5 Å². The predicted molar refractivity (Wildman–Crippen MR) is 79.5 cm³/mol. The maximum absolute atomic E-state index is 12.2. The van der Waals surface area contributed by atoms with Crippen LogP contribution in [0.1, 0.15) is 30.9 Å². The molecule has 1 heterocycles. The van der Waals surface area contributed by atoms with Gasteiger partial charge in [0, 0.05) is 17.6 Å². The molecule has 1 aromatic carbocycles. The first-order valence-electron chi connectivity index (χ1n) is 6.71. The summed E-state index contributed by atoms with van der Waals surface area (Å²) >= 11 is 3.53. The Bertz CT molecular complexity index is 458. The number of halogens is 1. The van der Waals surface area contributed by atoms with Gasteiger partial charge in [-0.1, -0.05) is 15.9 Å². The van der Waals surface area contributed by atoms with Crippen LogP contribution in [-0.4, -0.2) is 30.0 Å². The van der Waals surface area contributed by atoms with Crippen LogP contribution in [0.25, 0.3) is 0 Å². The van der Waals surface area contributed by atoms with E-state index < -0.39 is 6.10 Å². The number of rotatable bonds is 3. The standard InChI is InChI=1S/C15H20BrNO2/c1-10-8-13(9-11(2)14(10)16)19-12(3)15(18)17-6-4-5-7-17/h8-9,12H,4-7H2,1-3H3. The molecule has 0 radical (unpaired) electrons. The molecular formula is C15H20BrNO2. The van der Waals surface area contributed by atoms with Crippen LogP contribution < -0.4 is 4.74 Å². The number of hydrogen-bond acceptors (Lipinski definition) is 2. The SMILES string of the molecule is Cc1cc(OC(C)C(=O)N2CCCC2)cc(C)c1Br. The summed E-state index contributed by atoms with van der Waals surface area (Å²) in [6.07, 6.45) is 1.79. The summed E-state index contributed by atoms with van der Waals surface area (Å²) < 4.78 is 6.89. The molecule has 1 amide bonds. The van der Waals surface area contributed by atoms with E-state index in [1.807, 2.05) is 37.8 Å². The van der Waals surface area contributed by atoms with Crippen LogP contribution in [-0.2, 0) is 4.79 Å². The number of aryl methyl sites for hydroxylation is 2. The van der Waals surface area contributed by atoms with E-state index in [-0.39, 0.29) is 5.91 Å². The highest BCUT2D eigenvalue weighted by Gasteiger charge is 2.24. The van der Waals surface area contributed by atoms with Gasteiger partial charge in [0.1, 0.15) is 5.75 Å². The third-order valence-corrected chi connectivity index (χ3v) is 4.74. The van der Waals surface area contributed by atoms with Gasteiger partial charge in [-0.25, -0.2) is 0 Å². The molecule has 104 valence electrons. The van der Waals surface area contributed by atoms with Crippen LogP contribution in [0.5, 0.6) is 5.75 Å². The monoisotopic (exact) mass is 325 g/mol. The normalized spacial score (nSPS) is 16.5. The molecule has 0 spiro atoms. The van der Waals surface area contributed by atoms with Crippen LogP contribution in [0.2, 0.25) is 0 Å². The van der Waals surface area contributed by atoms with E-state index in [4.69, 9.17) is 4.74 Å². The van der Waals surface area contributed by atoms with Gasteiger partial charge in [-0.2, -0.15) is 0 Å². The van der Waals surface area contributed by atoms with Crippen molar-refractivity contribution in [1.82, 2.24) is 4.90 Å². The fourth-order valence-electron chi connectivity index (χ4n) is 2.42. The zero-order chi connectivity index (χ0) is 14.0. The van der Waals surface area contributed by atoms with Crippen molar-refractivity contribution in [3.63, 3.8) is 0 Å². The molecule has 2 rings (SSSR count). The smallest absolute Gasteiger partial charge is 0.263 e. The molecule has 1 aliphatic rings. The molecule has 1 atom stereocenters. The van der Waals surface area contributed by atoms with E-state index in [2.05, 4.69) is 15.9 Å². The lowest BCUT2D eigenvalue weighted by molar-refractivity contribution is -0.136. The zero-order valence-electron chi connectivity index (χ0n) is 11.7.